The van der Waals surface area contributed by atoms with Crippen LogP contribution in [0.1, 0.15) is 6.42 Å². The molecule has 0 heterocycles. The predicted molar refractivity (Wildman–Crippen MR) is 102 cm³/mol. The van der Waals surface area contributed by atoms with Gasteiger partial charge >= 0.3 is 0 Å². The molecule has 126 valence electrons. The lowest BCUT2D eigenvalue weighted by Crippen LogP contribution is -2.40. The second kappa shape index (κ2) is 8.53. The van der Waals surface area contributed by atoms with Crippen LogP contribution in [0.2, 0.25) is 0 Å². The van der Waals surface area contributed by atoms with Crippen LogP contribution in [0.5, 0.6) is 0 Å². The summed E-state index contributed by atoms with van der Waals surface area (Å²) in [6, 6.07) is 18.0. The maximum Gasteiger partial charge on any atom is 0.222 e. The number of rotatable bonds is 7. The van der Waals surface area contributed by atoms with Gasteiger partial charge in [0.1, 0.15) is 5.78 Å². The molecule has 2 aromatic rings. The number of benzene rings is 2. The van der Waals surface area contributed by atoms with Crippen molar-refractivity contribution in [2.75, 3.05) is 5.88 Å². The molecule has 3 nitrogen and oxygen atoms in total. The van der Waals surface area contributed by atoms with Crippen molar-refractivity contribution in [3.05, 3.63) is 72.3 Å². The zero-order valence-electron chi connectivity index (χ0n) is 13.0. The molecule has 0 fully saturated rings. The predicted octanol–water partition coefficient (Wildman–Crippen LogP) is 3.82. The highest BCUT2D eigenvalue weighted by Crippen LogP contribution is 2.50. The number of hydrogen-bond donors (Lipinski definition) is 1. The summed E-state index contributed by atoms with van der Waals surface area (Å²) >= 11 is 11.8. The van der Waals surface area contributed by atoms with Gasteiger partial charge in [-0.15, -0.1) is 11.6 Å². The Labute approximate surface area is 152 Å². The molecular formula is C18H18Cl2NO2P. The third kappa shape index (κ3) is 4.10. The van der Waals surface area contributed by atoms with Crippen molar-refractivity contribution >= 4 is 46.9 Å². The van der Waals surface area contributed by atoms with E-state index in [-0.39, 0.29) is 23.2 Å². The fourth-order valence-electron chi connectivity index (χ4n) is 2.42. The third-order valence-electron chi connectivity index (χ3n) is 3.56. The number of hydrogen-bond acceptors (Lipinski definition) is 2. The van der Waals surface area contributed by atoms with Crippen LogP contribution >= 0.6 is 30.3 Å². The number of carbonyl (C=O) groups excluding carboxylic acids is 1. The monoisotopic (exact) mass is 381 g/mol. The lowest BCUT2D eigenvalue weighted by Gasteiger charge is -2.29. The van der Waals surface area contributed by atoms with Crippen molar-refractivity contribution in [3.63, 3.8) is 0 Å². The molecule has 0 radical (unpaired) electrons. The van der Waals surface area contributed by atoms with E-state index in [1.807, 2.05) is 12.1 Å². The lowest BCUT2D eigenvalue weighted by atomic mass is 10.4. The van der Waals surface area contributed by atoms with E-state index in [4.69, 9.17) is 23.2 Å². The van der Waals surface area contributed by atoms with Gasteiger partial charge in [0, 0.05) is 27.9 Å². The summed E-state index contributed by atoms with van der Waals surface area (Å²) in [5, 5.41) is 4.07. The van der Waals surface area contributed by atoms with E-state index in [0.717, 1.165) is 0 Å². The number of nitrogens with one attached hydrogen (secondary N) is 1. The largest absolute Gasteiger partial charge is 0.341 e. The van der Waals surface area contributed by atoms with E-state index in [1.54, 1.807) is 48.5 Å². The van der Waals surface area contributed by atoms with Gasteiger partial charge in [0.25, 0.3) is 0 Å². The summed E-state index contributed by atoms with van der Waals surface area (Å²) in [5.41, 5.74) is 0. The maximum absolute atomic E-state index is 14.1. The average molecular weight is 382 g/mol. The Balaban J connectivity index is 2.58. The van der Waals surface area contributed by atoms with E-state index in [1.165, 1.54) is 0 Å². The van der Waals surface area contributed by atoms with Crippen molar-refractivity contribution in [1.82, 2.24) is 5.32 Å². The molecule has 1 N–H and O–H groups in total. The Morgan fingerprint density at radius 1 is 1.04 bits per heavy atom. The zero-order valence-corrected chi connectivity index (χ0v) is 15.4. The molecule has 0 bridgehead atoms. The summed E-state index contributed by atoms with van der Waals surface area (Å²) in [6.45, 7) is 3.73. The Kier molecular flexibility index (Phi) is 6.68. The fraction of sp³-hybridized carbons (Fsp3) is 0.167. The van der Waals surface area contributed by atoms with Crippen molar-refractivity contribution in [1.29, 1.82) is 0 Å². The molecule has 0 saturated carbocycles. The molecule has 6 heteroatoms. The number of halogens is 2. The third-order valence-corrected chi connectivity index (χ3v) is 7.42. The molecular weight excluding hydrogens is 364 g/mol. The second-order valence-electron chi connectivity index (χ2n) is 5.18. The number of alkyl halides is 1. The van der Waals surface area contributed by atoms with Gasteiger partial charge in [-0.2, -0.15) is 0 Å². The molecule has 1 atom stereocenters. The molecule has 0 aromatic heterocycles. The standard InChI is InChI=1S/C18H18Cl2NO2P/c1-14(20)18(21-17(22)12-13-19)24(23,15-8-4-2-5-9-15)16-10-6-3-7-11-16/h2-11,18H,1,12-13H2,(H,21,22). The van der Waals surface area contributed by atoms with E-state index < -0.39 is 12.9 Å². The Hall–Kier alpha value is -1.54. The van der Waals surface area contributed by atoms with Gasteiger partial charge in [-0.05, 0) is 0 Å². The highest BCUT2D eigenvalue weighted by Gasteiger charge is 2.39. The Morgan fingerprint density at radius 2 is 1.50 bits per heavy atom. The summed E-state index contributed by atoms with van der Waals surface area (Å²) in [4.78, 5) is 12.1. The van der Waals surface area contributed by atoms with Crippen LogP contribution < -0.4 is 15.9 Å². The molecule has 0 aliphatic rings. The minimum Gasteiger partial charge on any atom is -0.341 e. The van der Waals surface area contributed by atoms with Crippen molar-refractivity contribution in [2.24, 2.45) is 0 Å². The van der Waals surface area contributed by atoms with E-state index in [2.05, 4.69) is 11.9 Å². The summed E-state index contributed by atoms with van der Waals surface area (Å²) < 4.78 is 14.1. The smallest absolute Gasteiger partial charge is 0.222 e. The highest BCUT2D eigenvalue weighted by molar-refractivity contribution is 7.79. The molecule has 1 unspecified atom stereocenters. The summed E-state index contributed by atoms with van der Waals surface area (Å²) in [7, 11) is -3.27. The average Bonchev–Trinajstić information content (AvgIpc) is 2.60. The minimum absolute atomic E-state index is 0.117. The molecule has 0 saturated heterocycles. The zero-order chi connectivity index (χ0) is 17.6. The van der Waals surface area contributed by atoms with Crippen LogP contribution in [0.3, 0.4) is 0 Å². The van der Waals surface area contributed by atoms with Crippen molar-refractivity contribution in [3.8, 4) is 0 Å². The number of carbonyl (C=O) groups is 1. The molecule has 0 aliphatic carbocycles. The molecule has 2 rings (SSSR count). The SMILES string of the molecule is C=C(Cl)C(NC(=O)CCCl)P(=O)(c1ccccc1)c1ccccc1. The van der Waals surface area contributed by atoms with Crippen molar-refractivity contribution in [2.45, 2.75) is 12.2 Å². The van der Waals surface area contributed by atoms with Crippen LogP contribution in [0.25, 0.3) is 0 Å². The Bertz CT molecular complexity index is 707. The fourth-order valence-corrected chi connectivity index (χ4v) is 5.91. The quantitative estimate of drug-likeness (QED) is 0.585. The first-order valence-corrected chi connectivity index (χ1v) is 10.1. The first-order valence-electron chi connectivity index (χ1n) is 7.40. The van der Waals surface area contributed by atoms with Gasteiger partial charge in [-0.1, -0.05) is 78.8 Å². The van der Waals surface area contributed by atoms with Gasteiger partial charge < -0.3 is 9.88 Å². The summed E-state index contributed by atoms with van der Waals surface area (Å²) in [6.07, 6.45) is 0.117. The minimum atomic E-state index is -3.27. The van der Waals surface area contributed by atoms with Gasteiger partial charge in [0.05, 0.1) is 0 Å². The van der Waals surface area contributed by atoms with Crippen LogP contribution in [-0.4, -0.2) is 17.6 Å². The van der Waals surface area contributed by atoms with Crippen LogP contribution in [-0.2, 0) is 9.36 Å². The van der Waals surface area contributed by atoms with Crippen LogP contribution in [0, 0.1) is 0 Å². The first kappa shape index (κ1) is 18.8. The maximum atomic E-state index is 14.1. The molecule has 0 spiro atoms. The van der Waals surface area contributed by atoms with E-state index in [9.17, 15) is 9.36 Å². The first-order chi connectivity index (χ1) is 11.5. The number of amides is 1. The molecule has 2 aromatic carbocycles. The lowest BCUT2D eigenvalue weighted by molar-refractivity contribution is -0.120. The molecule has 24 heavy (non-hydrogen) atoms. The van der Waals surface area contributed by atoms with Gasteiger partial charge in [0.2, 0.25) is 5.91 Å². The second-order valence-corrected chi connectivity index (χ2v) is 8.91. The van der Waals surface area contributed by atoms with Crippen molar-refractivity contribution < 1.29 is 9.36 Å². The van der Waals surface area contributed by atoms with E-state index in [0.29, 0.717) is 10.6 Å². The van der Waals surface area contributed by atoms with E-state index >= 15 is 0 Å². The molecule has 0 aliphatic heterocycles. The Morgan fingerprint density at radius 3 is 1.88 bits per heavy atom. The van der Waals surface area contributed by atoms with Crippen LogP contribution in [0.15, 0.2) is 72.3 Å². The van der Waals surface area contributed by atoms with Gasteiger partial charge in [-0.3, -0.25) is 4.79 Å². The van der Waals surface area contributed by atoms with Crippen LogP contribution in [0.4, 0.5) is 0 Å². The molecule has 1 amide bonds. The highest BCUT2D eigenvalue weighted by atomic mass is 35.5. The van der Waals surface area contributed by atoms with Gasteiger partial charge in [-0.25, -0.2) is 0 Å². The normalized spacial score (nSPS) is 12.4. The van der Waals surface area contributed by atoms with Gasteiger partial charge in [0.15, 0.2) is 7.14 Å². The topological polar surface area (TPSA) is 46.2 Å². The summed E-state index contributed by atoms with van der Waals surface area (Å²) in [5.74, 6) is -1.04.